The summed E-state index contributed by atoms with van der Waals surface area (Å²) in [4.78, 5) is 29.1. The number of aryl methyl sites for hydroxylation is 1. The molecule has 1 amide bonds. The molecule has 1 atom stereocenters. The normalized spacial score (nSPS) is 15.3. The molecule has 1 aliphatic rings. The van der Waals surface area contributed by atoms with Crippen molar-refractivity contribution in [3.63, 3.8) is 0 Å². The van der Waals surface area contributed by atoms with Gasteiger partial charge in [-0.2, -0.15) is 15.0 Å². The molecule has 0 radical (unpaired) electrons. The minimum absolute atomic E-state index is 0.0563. The minimum atomic E-state index is -0.333. The van der Waals surface area contributed by atoms with Crippen LogP contribution in [0.4, 0.5) is 29.2 Å². The zero-order valence-electron chi connectivity index (χ0n) is 22.3. The van der Waals surface area contributed by atoms with Crippen molar-refractivity contribution in [1.82, 2.24) is 20.3 Å². The quantitative estimate of drug-likeness (QED) is 0.278. The molecule has 4 rings (SSSR count). The fourth-order valence-corrected chi connectivity index (χ4v) is 4.71. The lowest BCUT2D eigenvalue weighted by molar-refractivity contribution is 0.102. The number of carbonyl (C=O) groups is 1. The van der Waals surface area contributed by atoms with E-state index in [1.807, 2.05) is 24.9 Å². The van der Waals surface area contributed by atoms with E-state index in [1.54, 1.807) is 30.3 Å². The van der Waals surface area contributed by atoms with Gasteiger partial charge in [0.15, 0.2) is 0 Å². The number of aromatic nitrogens is 3. The molecule has 1 aromatic heterocycles. The minimum Gasteiger partial charge on any atom is -0.350 e. The summed E-state index contributed by atoms with van der Waals surface area (Å²) in [6.07, 6.45) is 0.993. The lowest BCUT2D eigenvalue weighted by Gasteiger charge is -2.27. The summed E-state index contributed by atoms with van der Waals surface area (Å²) in [6, 6.07) is 10.7. The Bertz CT molecular complexity index is 1280. The Morgan fingerprint density at radius 2 is 1.82 bits per heavy atom. The lowest BCUT2D eigenvalue weighted by Crippen LogP contribution is -2.31. The van der Waals surface area contributed by atoms with Crippen molar-refractivity contribution in [3.8, 4) is 0 Å². The third-order valence-electron chi connectivity index (χ3n) is 6.02. The number of hydrogen-bond donors (Lipinski definition) is 4. The third-order valence-corrected chi connectivity index (χ3v) is 6.65. The van der Waals surface area contributed by atoms with Crippen LogP contribution in [-0.2, 0) is 0 Å². The van der Waals surface area contributed by atoms with Crippen LogP contribution in [0.3, 0.4) is 0 Å². The van der Waals surface area contributed by atoms with Gasteiger partial charge in [0.2, 0.25) is 17.8 Å². The number of benzene rings is 2. The van der Waals surface area contributed by atoms with E-state index in [1.165, 1.54) is 0 Å². The molecule has 0 unspecified atom stereocenters. The third kappa shape index (κ3) is 7.24. The van der Waals surface area contributed by atoms with Crippen molar-refractivity contribution >= 4 is 58.3 Å². The van der Waals surface area contributed by atoms with E-state index in [4.69, 9.17) is 28.2 Å². The molecule has 1 aliphatic heterocycles. The topological polar surface area (TPSA) is 107 Å². The molecule has 2 aromatic carbocycles. The van der Waals surface area contributed by atoms with E-state index in [0.29, 0.717) is 44.8 Å². The van der Waals surface area contributed by atoms with Crippen LogP contribution in [0.2, 0.25) is 10.0 Å². The summed E-state index contributed by atoms with van der Waals surface area (Å²) < 4.78 is 0. The van der Waals surface area contributed by atoms with Crippen LogP contribution >= 0.6 is 23.2 Å². The molecule has 0 aliphatic carbocycles. The molecule has 3 aromatic rings. The first-order chi connectivity index (χ1) is 18.0. The molecule has 1 fully saturated rings. The maximum Gasteiger partial charge on any atom is 0.255 e. The van der Waals surface area contributed by atoms with Crippen LogP contribution in [0, 0.1) is 12.3 Å². The Hall–Kier alpha value is -3.14. The highest BCUT2D eigenvalue weighted by atomic mass is 35.5. The molecule has 4 N–H and O–H groups in total. The molecule has 38 heavy (non-hydrogen) atoms. The Morgan fingerprint density at radius 3 is 2.47 bits per heavy atom. The van der Waals surface area contributed by atoms with Crippen LogP contribution in [0.15, 0.2) is 36.4 Å². The summed E-state index contributed by atoms with van der Waals surface area (Å²) >= 11 is 12.5. The molecular weight excluding hydrogens is 523 g/mol. The average Bonchev–Trinajstić information content (AvgIpc) is 3.34. The Kier molecular flexibility index (Phi) is 8.60. The molecule has 11 heteroatoms. The van der Waals surface area contributed by atoms with Crippen LogP contribution in [-0.4, -0.2) is 53.6 Å². The van der Waals surface area contributed by atoms with E-state index in [-0.39, 0.29) is 17.4 Å². The van der Waals surface area contributed by atoms with Gasteiger partial charge in [0.25, 0.3) is 5.91 Å². The van der Waals surface area contributed by atoms with Crippen molar-refractivity contribution in [1.29, 1.82) is 0 Å². The Labute approximate surface area is 233 Å². The van der Waals surface area contributed by atoms with E-state index in [0.717, 1.165) is 31.6 Å². The van der Waals surface area contributed by atoms with E-state index in [9.17, 15) is 4.79 Å². The van der Waals surface area contributed by atoms with Crippen molar-refractivity contribution in [2.24, 2.45) is 5.41 Å². The SMILES string of the molecule is Cc1ccc(C(=O)Nc2c(Cl)cccc2Cl)cc1Nc1nc(N[C@H]2CCNC2)nc(N(C)CC(C)(C)C)n1. The van der Waals surface area contributed by atoms with Crippen LogP contribution in [0.25, 0.3) is 0 Å². The van der Waals surface area contributed by atoms with Crippen LogP contribution in [0.1, 0.15) is 43.1 Å². The molecule has 9 nitrogen and oxygen atoms in total. The maximum absolute atomic E-state index is 13.0. The fourth-order valence-electron chi connectivity index (χ4n) is 4.22. The smallest absolute Gasteiger partial charge is 0.255 e. The number of carbonyl (C=O) groups excluding carboxylic acids is 1. The molecule has 0 bridgehead atoms. The van der Waals surface area contributed by atoms with Gasteiger partial charge in [-0.05, 0) is 55.1 Å². The number of rotatable bonds is 8. The maximum atomic E-state index is 13.0. The first-order valence-corrected chi connectivity index (χ1v) is 13.3. The highest BCUT2D eigenvalue weighted by molar-refractivity contribution is 6.40. The van der Waals surface area contributed by atoms with Crippen LogP contribution in [0.5, 0.6) is 0 Å². The molecule has 0 spiro atoms. The lowest BCUT2D eigenvalue weighted by atomic mass is 9.96. The van der Waals surface area contributed by atoms with Crippen molar-refractivity contribution in [2.75, 3.05) is 47.5 Å². The van der Waals surface area contributed by atoms with Gasteiger partial charge in [0, 0.05) is 37.4 Å². The van der Waals surface area contributed by atoms with Gasteiger partial charge >= 0.3 is 0 Å². The molecular formula is C27H34Cl2N8O. The van der Waals surface area contributed by atoms with Gasteiger partial charge in [-0.1, -0.05) is 56.1 Å². The molecule has 0 saturated carbocycles. The summed E-state index contributed by atoms with van der Waals surface area (Å²) in [5.74, 6) is 1.12. The fraction of sp³-hybridized carbons (Fsp3) is 0.407. The first kappa shape index (κ1) is 27.9. The number of anilines is 5. The summed E-state index contributed by atoms with van der Waals surface area (Å²) in [6.45, 7) is 11.0. The summed E-state index contributed by atoms with van der Waals surface area (Å²) in [5.41, 5.74) is 2.49. The second-order valence-electron chi connectivity index (χ2n) is 10.7. The van der Waals surface area contributed by atoms with Gasteiger partial charge in [0.1, 0.15) is 0 Å². The number of nitrogens with one attached hydrogen (secondary N) is 4. The van der Waals surface area contributed by atoms with E-state index in [2.05, 4.69) is 52.0 Å². The number of para-hydroxylation sites is 1. The van der Waals surface area contributed by atoms with E-state index < -0.39 is 0 Å². The van der Waals surface area contributed by atoms with Gasteiger partial charge in [-0.3, -0.25) is 4.79 Å². The van der Waals surface area contributed by atoms with Gasteiger partial charge < -0.3 is 26.2 Å². The van der Waals surface area contributed by atoms with Gasteiger partial charge in [0.05, 0.1) is 15.7 Å². The highest BCUT2D eigenvalue weighted by Gasteiger charge is 2.21. The van der Waals surface area contributed by atoms with Gasteiger partial charge in [-0.15, -0.1) is 0 Å². The zero-order valence-corrected chi connectivity index (χ0v) is 23.8. The predicted molar refractivity (Wildman–Crippen MR) is 156 cm³/mol. The molecule has 1 saturated heterocycles. The molecule has 2 heterocycles. The first-order valence-electron chi connectivity index (χ1n) is 12.6. The average molecular weight is 558 g/mol. The molecule has 202 valence electrons. The number of hydrogen-bond acceptors (Lipinski definition) is 8. The summed E-state index contributed by atoms with van der Waals surface area (Å²) in [5, 5.41) is 13.6. The summed E-state index contributed by atoms with van der Waals surface area (Å²) in [7, 11) is 1.97. The number of halogens is 2. The van der Waals surface area contributed by atoms with E-state index >= 15 is 0 Å². The second kappa shape index (κ2) is 11.7. The number of nitrogens with zero attached hydrogens (tertiary/aromatic N) is 4. The van der Waals surface area contributed by atoms with Gasteiger partial charge in [-0.25, -0.2) is 0 Å². The standard InChI is InChI=1S/C27H34Cl2N8O/c1-16-9-10-17(23(38)33-22-19(28)7-6-8-20(22)29)13-21(16)32-25-34-24(31-18-11-12-30-14-18)35-26(36-25)37(5)15-27(2,3)4/h6-10,13,18,30H,11-12,14-15H2,1-5H3,(H,33,38)(H2,31,32,34,35,36)/t18-/m0/s1. The van der Waals surface area contributed by atoms with Crippen LogP contribution < -0.4 is 26.2 Å². The largest absolute Gasteiger partial charge is 0.350 e. The highest BCUT2D eigenvalue weighted by Crippen LogP contribution is 2.31. The van der Waals surface area contributed by atoms with Crippen molar-refractivity contribution in [3.05, 3.63) is 57.6 Å². The van der Waals surface area contributed by atoms with Crippen molar-refractivity contribution in [2.45, 2.75) is 40.2 Å². The Morgan fingerprint density at radius 1 is 1.11 bits per heavy atom. The van der Waals surface area contributed by atoms with Crippen molar-refractivity contribution < 1.29 is 4.79 Å². The number of amides is 1. The monoisotopic (exact) mass is 556 g/mol. The predicted octanol–water partition coefficient (Wildman–Crippen LogP) is 5.74. The Balaban J connectivity index is 1.61. The zero-order chi connectivity index (χ0) is 27.4. The second-order valence-corrected chi connectivity index (χ2v) is 11.6.